The molecule has 0 saturated carbocycles. The lowest BCUT2D eigenvalue weighted by molar-refractivity contribution is 0.199. The molecule has 1 unspecified atom stereocenters. The Hall–Kier alpha value is -2.53. The van der Waals surface area contributed by atoms with E-state index in [-0.39, 0.29) is 0 Å². The predicted molar refractivity (Wildman–Crippen MR) is 88.3 cm³/mol. The van der Waals surface area contributed by atoms with Gasteiger partial charge >= 0.3 is 5.63 Å². The summed E-state index contributed by atoms with van der Waals surface area (Å²) in [6.45, 7) is 4.01. The molecule has 3 rings (SSSR count). The number of rotatable bonds is 4. The van der Waals surface area contributed by atoms with Gasteiger partial charge in [0, 0.05) is 16.8 Å². The van der Waals surface area contributed by atoms with Crippen molar-refractivity contribution in [2.75, 3.05) is 13.7 Å². The van der Waals surface area contributed by atoms with Gasteiger partial charge in [0.2, 0.25) is 0 Å². The minimum absolute atomic E-state index is 0.433. The number of ether oxygens (including phenoxy) is 2. The maximum Gasteiger partial charge on any atom is 0.344 e. The molecule has 0 radical (unpaired) electrons. The zero-order chi connectivity index (χ0) is 16.6. The average Bonchev–Trinajstić information content (AvgIpc) is 2.54. The summed E-state index contributed by atoms with van der Waals surface area (Å²) in [5, 5.41) is 11.6. The molecule has 0 saturated heterocycles. The number of fused-ring (bicyclic) bond motifs is 3. The zero-order valence-electron chi connectivity index (χ0n) is 13.3. The predicted octanol–water partition coefficient (Wildman–Crippen LogP) is 3.41. The molecule has 0 aliphatic carbocycles. The van der Waals surface area contributed by atoms with Crippen LogP contribution in [0.3, 0.4) is 0 Å². The van der Waals surface area contributed by atoms with E-state index in [1.54, 1.807) is 38.3 Å². The van der Waals surface area contributed by atoms with Gasteiger partial charge < -0.3 is 19.0 Å². The smallest absolute Gasteiger partial charge is 0.344 e. The Balaban J connectivity index is 2.36. The Morgan fingerprint density at radius 2 is 1.91 bits per heavy atom. The lowest BCUT2D eigenvalue weighted by Crippen LogP contribution is -2.03. The maximum absolute atomic E-state index is 12.3. The minimum Gasteiger partial charge on any atom is -0.493 e. The summed E-state index contributed by atoms with van der Waals surface area (Å²) in [7, 11) is 1.57. The van der Waals surface area contributed by atoms with Crippen LogP contribution < -0.4 is 15.1 Å². The number of benzene rings is 2. The van der Waals surface area contributed by atoms with Gasteiger partial charge in [0.1, 0.15) is 5.58 Å². The molecular weight excluding hydrogens is 296 g/mol. The van der Waals surface area contributed by atoms with Gasteiger partial charge in [0.05, 0.1) is 25.2 Å². The van der Waals surface area contributed by atoms with Crippen molar-refractivity contribution in [1.29, 1.82) is 0 Å². The Labute approximate surface area is 133 Å². The number of hydrogen-bond acceptors (Lipinski definition) is 5. The standard InChI is InChI=1S/C18H18O5/c1-4-22-17-9-15-13(8-16(17)21-3)12-6-5-11(10(2)19)7-14(12)18(20)23-15/h5-10,19H,4H2,1-3H3. The van der Waals surface area contributed by atoms with Crippen molar-refractivity contribution in [3.05, 3.63) is 46.3 Å². The summed E-state index contributed by atoms with van der Waals surface area (Å²) >= 11 is 0. The Morgan fingerprint density at radius 1 is 1.13 bits per heavy atom. The van der Waals surface area contributed by atoms with Gasteiger partial charge in [-0.05, 0) is 31.5 Å². The highest BCUT2D eigenvalue weighted by molar-refractivity contribution is 6.05. The first-order chi connectivity index (χ1) is 11.0. The third kappa shape index (κ3) is 2.64. The first kappa shape index (κ1) is 15.4. The topological polar surface area (TPSA) is 68.9 Å². The third-order valence-electron chi connectivity index (χ3n) is 3.80. The van der Waals surface area contributed by atoms with Crippen molar-refractivity contribution in [2.24, 2.45) is 0 Å². The van der Waals surface area contributed by atoms with Gasteiger partial charge in [-0.15, -0.1) is 0 Å². The molecule has 0 fully saturated rings. The van der Waals surface area contributed by atoms with E-state index in [1.807, 2.05) is 13.0 Å². The fourth-order valence-electron chi connectivity index (χ4n) is 2.64. The molecule has 1 heterocycles. The first-order valence-electron chi connectivity index (χ1n) is 7.44. The lowest BCUT2D eigenvalue weighted by Gasteiger charge is -2.12. The molecule has 0 amide bonds. The fraction of sp³-hybridized carbons (Fsp3) is 0.278. The quantitative estimate of drug-likeness (QED) is 0.590. The second kappa shape index (κ2) is 5.93. The molecule has 1 aromatic heterocycles. The molecular formula is C18H18O5. The van der Waals surface area contributed by atoms with Crippen LogP contribution in [-0.2, 0) is 0 Å². The van der Waals surface area contributed by atoms with E-state index >= 15 is 0 Å². The maximum atomic E-state index is 12.3. The van der Waals surface area contributed by atoms with Crippen molar-refractivity contribution >= 4 is 21.7 Å². The second-order valence-electron chi connectivity index (χ2n) is 5.30. The molecule has 23 heavy (non-hydrogen) atoms. The number of methoxy groups -OCH3 is 1. The van der Waals surface area contributed by atoms with Crippen molar-refractivity contribution in [1.82, 2.24) is 0 Å². The Kier molecular flexibility index (Phi) is 3.96. The normalized spacial score (nSPS) is 12.5. The summed E-state index contributed by atoms with van der Waals surface area (Å²) in [5.74, 6) is 1.11. The van der Waals surface area contributed by atoms with Crippen LogP contribution in [0.5, 0.6) is 11.5 Å². The number of aliphatic hydroxyl groups is 1. The first-order valence-corrected chi connectivity index (χ1v) is 7.44. The van der Waals surface area contributed by atoms with Crippen LogP contribution in [0.25, 0.3) is 21.7 Å². The second-order valence-corrected chi connectivity index (χ2v) is 5.30. The molecule has 1 atom stereocenters. The molecule has 0 bridgehead atoms. The molecule has 5 heteroatoms. The van der Waals surface area contributed by atoms with Crippen LogP contribution in [0.1, 0.15) is 25.5 Å². The number of hydrogen-bond donors (Lipinski definition) is 1. The molecule has 1 N–H and O–H groups in total. The highest BCUT2D eigenvalue weighted by Crippen LogP contribution is 2.35. The molecule has 2 aromatic carbocycles. The van der Waals surface area contributed by atoms with Gasteiger partial charge in [0.25, 0.3) is 0 Å². The summed E-state index contributed by atoms with van der Waals surface area (Å²) in [5.41, 5.74) is 0.668. The summed E-state index contributed by atoms with van der Waals surface area (Å²) in [4.78, 5) is 12.3. The SMILES string of the molecule is CCOc1cc2oc(=O)c3cc(C(C)O)ccc3c2cc1OC. The summed E-state index contributed by atoms with van der Waals surface area (Å²) in [6.07, 6.45) is -0.649. The van der Waals surface area contributed by atoms with Gasteiger partial charge in [-0.1, -0.05) is 12.1 Å². The fourth-order valence-corrected chi connectivity index (χ4v) is 2.64. The van der Waals surface area contributed by atoms with Crippen molar-refractivity contribution in [3.63, 3.8) is 0 Å². The van der Waals surface area contributed by atoms with Crippen molar-refractivity contribution < 1.29 is 19.0 Å². The monoisotopic (exact) mass is 314 g/mol. The van der Waals surface area contributed by atoms with Crippen molar-refractivity contribution in [3.8, 4) is 11.5 Å². The average molecular weight is 314 g/mol. The van der Waals surface area contributed by atoms with Gasteiger partial charge in [-0.3, -0.25) is 0 Å². The summed E-state index contributed by atoms with van der Waals surface area (Å²) in [6, 6.07) is 8.74. The van der Waals surface area contributed by atoms with Gasteiger partial charge in [0.15, 0.2) is 11.5 Å². The van der Waals surface area contributed by atoms with Crippen LogP contribution in [0, 0.1) is 0 Å². The molecule has 0 aliphatic heterocycles. The molecule has 5 nitrogen and oxygen atoms in total. The van der Waals surface area contributed by atoms with E-state index in [9.17, 15) is 9.90 Å². The van der Waals surface area contributed by atoms with Crippen LogP contribution >= 0.6 is 0 Å². The van der Waals surface area contributed by atoms with E-state index in [2.05, 4.69) is 0 Å². The van der Waals surface area contributed by atoms with E-state index in [1.165, 1.54) is 0 Å². The van der Waals surface area contributed by atoms with Gasteiger partial charge in [-0.2, -0.15) is 0 Å². The molecule has 0 spiro atoms. The van der Waals surface area contributed by atoms with Crippen LogP contribution in [0.4, 0.5) is 0 Å². The summed E-state index contributed by atoms with van der Waals surface area (Å²) < 4.78 is 16.3. The zero-order valence-corrected chi connectivity index (χ0v) is 13.3. The van der Waals surface area contributed by atoms with Crippen molar-refractivity contribution in [2.45, 2.75) is 20.0 Å². The minimum atomic E-state index is -0.649. The van der Waals surface area contributed by atoms with Gasteiger partial charge in [-0.25, -0.2) is 4.79 Å². The van der Waals surface area contributed by atoms with E-state index in [0.29, 0.717) is 34.6 Å². The molecule has 120 valence electrons. The largest absolute Gasteiger partial charge is 0.493 e. The molecule has 0 aliphatic rings. The van der Waals surface area contributed by atoms with E-state index < -0.39 is 11.7 Å². The Bertz CT molecular complexity index is 924. The van der Waals surface area contributed by atoms with Crippen LogP contribution in [0.15, 0.2) is 39.5 Å². The van der Waals surface area contributed by atoms with E-state index in [4.69, 9.17) is 13.9 Å². The number of aliphatic hydroxyl groups excluding tert-OH is 1. The lowest BCUT2D eigenvalue weighted by atomic mass is 10.0. The Morgan fingerprint density at radius 3 is 2.57 bits per heavy atom. The van der Waals surface area contributed by atoms with E-state index in [0.717, 1.165) is 10.8 Å². The van der Waals surface area contributed by atoms with Crippen LogP contribution in [-0.4, -0.2) is 18.8 Å². The van der Waals surface area contributed by atoms with Crippen LogP contribution in [0.2, 0.25) is 0 Å². The molecule has 3 aromatic rings. The highest BCUT2D eigenvalue weighted by Gasteiger charge is 2.14. The third-order valence-corrected chi connectivity index (χ3v) is 3.80. The highest BCUT2D eigenvalue weighted by atomic mass is 16.5.